The zero-order valence-corrected chi connectivity index (χ0v) is 17.4. The molecule has 3 rings (SSSR count). The Bertz CT molecular complexity index is 1170. The van der Waals surface area contributed by atoms with Gasteiger partial charge in [0.1, 0.15) is 5.76 Å². The van der Waals surface area contributed by atoms with Gasteiger partial charge >= 0.3 is 0 Å². The lowest BCUT2D eigenvalue weighted by molar-refractivity contribution is -0.111. The molecule has 8 nitrogen and oxygen atoms in total. The highest BCUT2D eigenvalue weighted by Gasteiger charge is 2.12. The third-order valence-corrected chi connectivity index (χ3v) is 4.79. The molecule has 2 aromatic heterocycles. The summed E-state index contributed by atoms with van der Waals surface area (Å²) in [4.78, 5) is 12.2. The van der Waals surface area contributed by atoms with E-state index in [2.05, 4.69) is 15.2 Å². The number of nitrogens with zero attached hydrogens (tertiary/aromatic N) is 2. The maximum atomic E-state index is 12.2. The molecule has 0 aliphatic heterocycles. The first kappa shape index (κ1) is 20.4. The van der Waals surface area contributed by atoms with Gasteiger partial charge < -0.3 is 9.84 Å². The van der Waals surface area contributed by atoms with Gasteiger partial charge in [0.2, 0.25) is 15.9 Å². The summed E-state index contributed by atoms with van der Waals surface area (Å²) in [6.07, 6.45) is 4.26. The van der Waals surface area contributed by atoms with Crippen molar-refractivity contribution in [3.8, 4) is 5.82 Å². The van der Waals surface area contributed by atoms with Crippen molar-refractivity contribution < 1.29 is 17.7 Å². The normalized spacial score (nSPS) is 11.7. The topological polar surface area (TPSA) is 106 Å². The highest BCUT2D eigenvalue weighted by molar-refractivity contribution is 7.92. The van der Waals surface area contributed by atoms with Gasteiger partial charge in [-0.3, -0.25) is 14.1 Å². The summed E-state index contributed by atoms with van der Waals surface area (Å²) in [5, 5.41) is 6.78. The van der Waals surface area contributed by atoms with Crippen LogP contribution < -0.4 is 10.0 Å². The maximum absolute atomic E-state index is 12.2. The van der Waals surface area contributed by atoms with Crippen molar-refractivity contribution in [2.45, 2.75) is 20.8 Å². The third-order valence-electron chi connectivity index (χ3n) is 4.18. The van der Waals surface area contributed by atoms with Crippen molar-refractivity contribution in [3.05, 3.63) is 65.2 Å². The molecule has 3 aromatic rings. The standard InChI is InChI=1S/C20H22N4O4S/c1-13-11-16(15(3)24(13)19-12-14(2)28-22-19)5-10-20(25)21-17-6-8-18(9-7-17)23-29(4,26)27/h5-12,23H,1-4H3,(H,21,25)/b10-5+. The highest BCUT2D eigenvalue weighted by atomic mass is 32.2. The number of carbonyl (C=O) groups is 1. The quantitative estimate of drug-likeness (QED) is 0.601. The Morgan fingerprint density at radius 3 is 2.34 bits per heavy atom. The fourth-order valence-electron chi connectivity index (χ4n) is 2.95. The fraction of sp³-hybridized carbons (Fsp3) is 0.200. The molecule has 0 radical (unpaired) electrons. The van der Waals surface area contributed by atoms with Crippen LogP contribution in [0.5, 0.6) is 0 Å². The molecule has 152 valence electrons. The summed E-state index contributed by atoms with van der Waals surface area (Å²) in [5.41, 5.74) is 3.80. The molecule has 2 N–H and O–H groups in total. The SMILES string of the molecule is Cc1cc(-n2c(C)cc(/C=C/C(=O)Nc3ccc(NS(C)(=O)=O)cc3)c2C)no1. The van der Waals surface area contributed by atoms with E-state index in [0.29, 0.717) is 17.2 Å². The lowest BCUT2D eigenvalue weighted by atomic mass is 10.2. The van der Waals surface area contributed by atoms with Crippen LogP contribution in [0.1, 0.15) is 22.7 Å². The molecule has 0 spiro atoms. The van der Waals surface area contributed by atoms with Gasteiger partial charge in [-0.15, -0.1) is 0 Å². The van der Waals surface area contributed by atoms with Crippen molar-refractivity contribution in [1.29, 1.82) is 0 Å². The Labute approximate surface area is 169 Å². The second-order valence-electron chi connectivity index (χ2n) is 6.73. The van der Waals surface area contributed by atoms with E-state index in [1.54, 1.807) is 30.3 Å². The number of carbonyl (C=O) groups excluding carboxylic acids is 1. The smallest absolute Gasteiger partial charge is 0.248 e. The van der Waals surface area contributed by atoms with E-state index in [9.17, 15) is 13.2 Å². The number of benzene rings is 1. The maximum Gasteiger partial charge on any atom is 0.248 e. The van der Waals surface area contributed by atoms with Gasteiger partial charge in [-0.2, -0.15) is 0 Å². The van der Waals surface area contributed by atoms with Crippen LogP contribution in [0, 0.1) is 20.8 Å². The average molecular weight is 414 g/mol. The second-order valence-corrected chi connectivity index (χ2v) is 8.48. The van der Waals surface area contributed by atoms with Gasteiger partial charge in [-0.05, 0) is 62.7 Å². The molecule has 0 saturated heterocycles. The highest BCUT2D eigenvalue weighted by Crippen LogP contribution is 2.22. The number of amides is 1. The molecule has 2 heterocycles. The van der Waals surface area contributed by atoms with Crippen LogP contribution in [-0.2, 0) is 14.8 Å². The minimum Gasteiger partial charge on any atom is -0.360 e. The average Bonchev–Trinajstić information content (AvgIpc) is 3.16. The van der Waals surface area contributed by atoms with Crippen molar-refractivity contribution in [2.24, 2.45) is 0 Å². The van der Waals surface area contributed by atoms with Gasteiger partial charge in [-0.25, -0.2) is 8.42 Å². The molecular weight excluding hydrogens is 392 g/mol. The van der Waals surface area contributed by atoms with E-state index >= 15 is 0 Å². The molecule has 29 heavy (non-hydrogen) atoms. The lowest BCUT2D eigenvalue weighted by Gasteiger charge is -2.06. The van der Waals surface area contributed by atoms with E-state index in [4.69, 9.17) is 4.52 Å². The summed E-state index contributed by atoms with van der Waals surface area (Å²) < 4.78 is 31.9. The Hall–Kier alpha value is -3.33. The van der Waals surface area contributed by atoms with Crippen LogP contribution >= 0.6 is 0 Å². The van der Waals surface area contributed by atoms with E-state index < -0.39 is 10.0 Å². The van der Waals surface area contributed by atoms with E-state index in [0.717, 1.165) is 29.0 Å². The largest absolute Gasteiger partial charge is 0.360 e. The van der Waals surface area contributed by atoms with Crippen LogP contribution in [0.15, 0.2) is 47.0 Å². The first-order valence-electron chi connectivity index (χ1n) is 8.82. The molecule has 0 aliphatic carbocycles. The molecule has 1 aromatic carbocycles. The molecule has 0 unspecified atom stereocenters. The van der Waals surface area contributed by atoms with Crippen LogP contribution in [0.4, 0.5) is 11.4 Å². The lowest BCUT2D eigenvalue weighted by Crippen LogP contribution is -2.10. The van der Waals surface area contributed by atoms with Crippen molar-refractivity contribution in [3.63, 3.8) is 0 Å². The molecule has 9 heteroatoms. The van der Waals surface area contributed by atoms with E-state index in [-0.39, 0.29) is 5.91 Å². The van der Waals surface area contributed by atoms with Crippen molar-refractivity contribution in [2.75, 3.05) is 16.3 Å². The number of aryl methyl sites for hydroxylation is 2. The minimum atomic E-state index is -3.34. The molecule has 0 aliphatic rings. The fourth-order valence-corrected chi connectivity index (χ4v) is 3.52. The Morgan fingerprint density at radius 1 is 1.10 bits per heavy atom. The van der Waals surface area contributed by atoms with Crippen molar-refractivity contribution in [1.82, 2.24) is 9.72 Å². The van der Waals surface area contributed by atoms with Crippen LogP contribution in [0.3, 0.4) is 0 Å². The predicted octanol–water partition coefficient (Wildman–Crippen LogP) is 3.41. The summed E-state index contributed by atoms with van der Waals surface area (Å²) in [7, 11) is -3.34. The number of hydrogen-bond acceptors (Lipinski definition) is 5. The van der Waals surface area contributed by atoms with E-state index in [1.165, 1.54) is 6.08 Å². The number of aromatic nitrogens is 2. The first-order valence-corrected chi connectivity index (χ1v) is 10.7. The van der Waals surface area contributed by atoms with Crippen LogP contribution in [0.2, 0.25) is 0 Å². The third kappa shape index (κ3) is 5.14. The zero-order chi connectivity index (χ0) is 21.2. The summed E-state index contributed by atoms with van der Waals surface area (Å²) in [6, 6.07) is 10.2. The van der Waals surface area contributed by atoms with Crippen molar-refractivity contribution >= 4 is 33.4 Å². The predicted molar refractivity (Wildman–Crippen MR) is 113 cm³/mol. The van der Waals surface area contributed by atoms with E-state index in [1.807, 2.05) is 37.5 Å². The molecule has 1 amide bonds. The van der Waals surface area contributed by atoms with Gasteiger partial charge in [0, 0.05) is 34.9 Å². The second kappa shape index (κ2) is 7.96. The summed E-state index contributed by atoms with van der Waals surface area (Å²) in [5.74, 6) is 1.13. The molecule has 0 fully saturated rings. The number of anilines is 2. The van der Waals surface area contributed by atoms with Gasteiger partial charge in [0.15, 0.2) is 5.82 Å². The van der Waals surface area contributed by atoms with Crippen LogP contribution in [0.25, 0.3) is 11.9 Å². The Kier molecular flexibility index (Phi) is 5.60. The van der Waals surface area contributed by atoms with Crippen LogP contribution in [-0.4, -0.2) is 30.3 Å². The number of rotatable bonds is 6. The number of sulfonamides is 1. The minimum absolute atomic E-state index is 0.295. The zero-order valence-electron chi connectivity index (χ0n) is 16.6. The summed E-state index contributed by atoms with van der Waals surface area (Å²) >= 11 is 0. The summed E-state index contributed by atoms with van der Waals surface area (Å²) in [6.45, 7) is 5.74. The molecule has 0 bridgehead atoms. The molecule has 0 saturated carbocycles. The van der Waals surface area contributed by atoms with Gasteiger partial charge in [0.05, 0.1) is 6.26 Å². The Balaban J connectivity index is 1.70. The molecular formula is C20H22N4O4S. The number of hydrogen-bond donors (Lipinski definition) is 2. The van der Waals surface area contributed by atoms with Gasteiger partial charge in [-0.1, -0.05) is 5.16 Å². The van der Waals surface area contributed by atoms with Gasteiger partial charge in [0.25, 0.3) is 0 Å². The Morgan fingerprint density at radius 2 is 1.76 bits per heavy atom. The monoisotopic (exact) mass is 414 g/mol. The first-order chi connectivity index (χ1) is 13.6. The number of nitrogens with one attached hydrogen (secondary N) is 2. The molecule has 0 atom stereocenters.